The van der Waals surface area contributed by atoms with Gasteiger partial charge in [0.05, 0.1) is 25.6 Å². The molecule has 1 aliphatic heterocycles. The highest BCUT2D eigenvalue weighted by atomic mass is 16.5. The molecule has 5 amide bonds. The van der Waals surface area contributed by atoms with Crippen molar-refractivity contribution >= 4 is 29.3 Å². The van der Waals surface area contributed by atoms with Crippen molar-refractivity contribution < 1.29 is 28.8 Å². The maximum absolute atomic E-state index is 13.4. The number of ether oxygens (including phenoxy) is 1. The molecule has 0 bridgehead atoms. The Morgan fingerprint density at radius 1 is 1.23 bits per heavy atom. The lowest BCUT2D eigenvalue weighted by Gasteiger charge is -2.34. The third kappa shape index (κ3) is 7.62. The number of aromatic nitrogens is 1. The highest BCUT2D eigenvalue weighted by Crippen LogP contribution is 2.29. The first-order valence-corrected chi connectivity index (χ1v) is 13.1. The molecular weight excluding hydrogens is 504 g/mol. The molecule has 2 aromatic rings. The molecule has 2 heterocycles. The summed E-state index contributed by atoms with van der Waals surface area (Å²) in [5.41, 5.74) is 2.22. The van der Waals surface area contributed by atoms with E-state index in [0.717, 1.165) is 0 Å². The van der Waals surface area contributed by atoms with Gasteiger partial charge in [0, 0.05) is 36.8 Å². The topological polar surface area (TPSA) is 149 Å². The Kier molecular flexibility index (Phi) is 9.79. The van der Waals surface area contributed by atoms with E-state index < -0.39 is 12.1 Å². The third-order valence-corrected chi connectivity index (χ3v) is 6.66. The summed E-state index contributed by atoms with van der Waals surface area (Å²) < 4.78 is 11.6. The van der Waals surface area contributed by atoms with Crippen LogP contribution in [0.2, 0.25) is 0 Å². The SMILES string of the molecule is Cc1noc(C)c1NC(=O)N(C)C[C@H]1Oc2ccc(NC(=O)NC(C)C)cc2CC(=O)N([C@H](C)CO)C[C@H]1C. The molecule has 1 aromatic heterocycles. The van der Waals surface area contributed by atoms with Crippen molar-refractivity contribution in [2.75, 3.05) is 37.4 Å². The highest BCUT2D eigenvalue weighted by Gasteiger charge is 2.32. The van der Waals surface area contributed by atoms with Gasteiger partial charge in [-0.15, -0.1) is 0 Å². The summed E-state index contributed by atoms with van der Waals surface area (Å²) in [7, 11) is 1.66. The average molecular weight is 545 g/mol. The van der Waals surface area contributed by atoms with E-state index >= 15 is 0 Å². The van der Waals surface area contributed by atoms with E-state index in [0.29, 0.717) is 40.7 Å². The molecule has 214 valence electrons. The number of carbonyl (C=O) groups is 3. The van der Waals surface area contributed by atoms with Gasteiger partial charge in [-0.2, -0.15) is 0 Å². The fourth-order valence-corrected chi connectivity index (χ4v) is 4.37. The second-order valence-corrected chi connectivity index (χ2v) is 10.5. The first-order chi connectivity index (χ1) is 18.4. The van der Waals surface area contributed by atoms with Crippen molar-refractivity contribution in [3.63, 3.8) is 0 Å². The molecule has 4 N–H and O–H groups in total. The quantitative estimate of drug-likeness (QED) is 0.418. The molecule has 3 rings (SSSR count). The molecule has 0 fully saturated rings. The van der Waals surface area contributed by atoms with Crippen LogP contribution in [-0.2, 0) is 11.2 Å². The van der Waals surface area contributed by atoms with Crippen LogP contribution < -0.4 is 20.7 Å². The van der Waals surface area contributed by atoms with Gasteiger partial charge in [-0.05, 0) is 52.8 Å². The molecule has 0 radical (unpaired) electrons. The average Bonchev–Trinajstić information content (AvgIpc) is 3.20. The van der Waals surface area contributed by atoms with Gasteiger partial charge in [0.1, 0.15) is 23.2 Å². The number of nitrogens with zero attached hydrogens (tertiary/aromatic N) is 3. The van der Waals surface area contributed by atoms with Gasteiger partial charge in [-0.3, -0.25) is 4.79 Å². The number of anilines is 2. The molecule has 0 saturated heterocycles. The number of urea groups is 2. The summed E-state index contributed by atoms with van der Waals surface area (Å²) in [6.45, 7) is 11.3. The number of benzene rings is 1. The maximum Gasteiger partial charge on any atom is 0.321 e. The second-order valence-electron chi connectivity index (χ2n) is 10.5. The predicted molar refractivity (Wildman–Crippen MR) is 147 cm³/mol. The Labute approximate surface area is 229 Å². The van der Waals surface area contributed by atoms with Crippen LogP contribution >= 0.6 is 0 Å². The first-order valence-electron chi connectivity index (χ1n) is 13.1. The second kappa shape index (κ2) is 12.8. The number of hydrogen-bond donors (Lipinski definition) is 4. The van der Waals surface area contributed by atoms with Crippen molar-refractivity contribution in [2.45, 2.75) is 66.2 Å². The van der Waals surface area contributed by atoms with Crippen LogP contribution in [0.3, 0.4) is 0 Å². The number of aryl methyl sites for hydroxylation is 2. The van der Waals surface area contributed by atoms with Crippen molar-refractivity contribution in [2.24, 2.45) is 5.92 Å². The smallest absolute Gasteiger partial charge is 0.321 e. The van der Waals surface area contributed by atoms with E-state index in [1.807, 2.05) is 20.8 Å². The Bertz CT molecular complexity index is 1160. The lowest BCUT2D eigenvalue weighted by molar-refractivity contribution is -0.134. The standard InChI is InChI=1S/C27H40N6O6/c1-15(2)28-26(36)29-21-8-9-22-20(10-21)11-24(35)33(17(4)14-34)12-16(3)23(38-22)13-32(7)27(37)30-25-18(5)31-39-19(25)6/h8-10,15-17,23,34H,11-14H2,1-7H3,(H,30,37)(H2,28,29,36)/t16-,17-,23-/m1/s1. The van der Waals surface area contributed by atoms with Crippen LogP contribution in [0.1, 0.15) is 44.7 Å². The minimum Gasteiger partial charge on any atom is -0.488 e. The van der Waals surface area contributed by atoms with Gasteiger partial charge >= 0.3 is 12.1 Å². The molecule has 3 atom stereocenters. The molecule has 1 aromatic carbocycles. The van der Waals surface area contributed by atoms with Crippen molar-refractivity contribution in [3.8, 4) is 5.75 Å². The number of carbonyl (C=O) groups excluding carboxylic acids is 3. The third-order valence-electron chi connectivity index (χ3n) is 6.66. The first kappa shape index (κ1) is 29.8. The summed E-state index contributed by atoms with van der Waals surface area (Å²) in [6.07, 6.45) is -0.450. The van der Waals surface area contributed by atoms with E-state index in [9.17, 15) is 19.5 Å². The van der Waals surface area contributed by atoms with Crippen LogP contribution in [0.25, 0.3) is 0 Å². The number of nitrogens with one attached hydrogen (secondary N) is 3. The van der Waals surface area contributed by atoms with Gasteiger partial charge < -0.3 is 40.1 Å². The van der Waals surface area contributed by atoms with E-state index in [-0.39, 0.29) is 49.5 Å². The Balaban J connectivity index is 1.88. The number of fused-ring (bicyclic) bond motifs is 1. The monoisotopic (exact) mass is 544 g/mol. The van der Waals surface area contributed by atoms with Gasteiger partial charge in [0.25, 0.3) is 0 Å². The minimum absolute atomic E-state index is 0.0306. The van der Waals surface area contributed by atoms with Crippen LogP contribution in [0.15, 0.2) is 22.7 Å². The lowest BCUT2D eigenvalue weighted by Crippen LogP contribution is -2.48. The number of amides is 5. The van der Waals surface area contributed by atoms with E-state index in [1.165, 1.54) is 4.90 Å². The molecular formula is C27H40N6O6. The number of hydrogen-bond acceptors (Lipinski definition) is 7. The molecule has 0 unspecified atom stereocenters. The molecule has 0 spiro atoms. The summed E-state index contributed by atoms with van der Waals surface area (Å²) in [6, 6.07) is 4.01. The van der Waals surface area contributed by atoms with Gasteiger partial charge in [-0.25, -0.2) is 9.59 Å². The molecule has 0 saturated carbocycles. The Morgan fingerprint density at radius 2 is 1.95 bits per heavy atom. The Hall–Kier alpha value is -3.80. The van der Waals surface area contributed by atoms with Crippen molar-refractivity contribution in [1.29, 1.82) is 0 Å². The van der Waals surface area contributed by atoms with E-state index in [4.69, 9.17) is 9.26 Å². The number of aliphatic hydroxyl groups excluding tert-OH is 1. The van der Waals surface area contributed by atoms with Crippen molar-refractivity contribution in [3.05, 3.63) is 35.2 Å². The van der Waals surface area contributed by atoms with Crippen LogP contribution in [0.5, 0.6) is 5.75 Å². The normalized spacial score (nSPS) is 18.3. The predicted octanol–water partition coefficient (Wildman–Crippen LogP) is 3.13. The van der Waals surface area contributed by atoms with Crippen LogP contribution in [0, 0.1) is 19.8 Å². The van der Waals surface area contributed by atoms with Gasteiger partial charge in [0.2, 0.25) is 5.91 Å². The molecule has 12 nitrogen and oxygen atoms in total. The number of aliphatic hydroxyl groups is 1. The minimum atomic E-state index is -0.480. The maximum atomic E-state index is 13.4. The zero-order valence-corrected chi connectivity index (χ0v) is 23.7. The molecule has 39 heavy (non-hydrogen) atoms. The highest BCUT2D eigenvalue weighted by molar-refractivity contribution is 5.91. The lowest BCUT2D eigenvalue weighted by atomic mass is 10.0. The largest absolute Gasteiger partial charge is 0.488 e. The van der Waals surface area contributed by atoms with Gasteiger partial charge in [0.15, 0.2) is 5.76 Å². The fourth-order valence-electron chi connectivity index (χ4n) is 4.37. The molecule has 0 aliphatic carbocycles. The summed E-state index contributed by atoms with van der Waals surface area (Å²) >= 11 is 0. The number of likely N-dealkylation sites (N-methyl/N-ethyl adjacent to an activating group) is 1. The van der Waals surface area contributed by atoms with Crippen LogP contribution in [-0.4, -0.2) is 83.0 Å². The zero-order chi connectivity index (χ0) is 28.9. The van der Waals surface area contributed by atoms with E-state index in [2.05, 4.69) is 21.1 Å². The summed E-state index contributed by atoms with van der Waals surface area (Å²) in [4.78, 5) is 41.8. The Morgan fingerprint density at radius 3 is 2.56 bits per heavy atom. The fraction of sp³-hybridized carbons (Fsp3) is 0.556. The summed E-state index contributed by atoms with van der Waals surface area (Å²) in [5.74, 6) is 0.655. The summed E-state index contributed by atoms with van der Waals surface area (Å²) in [5, 5.41) is 22.1. The van der Waals surface area contributed by atoms with Crippen LogP contribution in [0.4, 0.5) is 21.0 Å². The molecule has 12 heteroatoms. The van der Waals surface area contributed by atoms with Crippen molar-refractivity contribution in [1.82, 2.24) is 20.3 Å². The number of rotatable bonds is 7. The molecule has 1 aliphatic rings. The van der Waals surface area contributed by atoms with E-state index in [1.54, 1.807) is 50.9 Å². The zero-order valence-electron chi connectivity index (χ0n) is 23.7. The van der Waals surface area contributed by atoms with Gasteiger partial charge in [-0.1, -0.05) is 12.1 Å².